The molecule has 0 atom stereocenters. The van der Waals surface area contributed by atoms with Gasteiger partial charge >= 0.3 is 0 Å². The van der Waals surface area contributed by atoms with Crippen LogP contribution in [-0.4, -0.2) is 25.1 Å². The third-order valence-electron chi connectivity index (χ3n) is 4.12. The first-order valence-corrected chi connectivity index (χ1v) is 8.56. The quantitative estimate of drug-likeness (QED) is 0.652. The molecule has 0 saturated carbocycles. The van der Waals surface area contributed by atoms with E-state index in [-0.39, 0.29) is 12.5 Å². The maximum atomic E-state index is 12.8. The molecule has 1 aromatic heterocycles. The zero-order valence-electron chi connectivity index (χ0n) is 15.6. The van der Waals surface area contributed by atoms with E-state index in [2.05, 4.69) is 10.3 Å². The number of rotatable bonds is 7. The van der Waals surface area contributed by atoms with Gasteiger partial charge in [-0.1, -0.05) is 18.2 Å². The van der Waals surface area contributed by atoms with Gasteiger partial charge in [-0.25, -0.2) is 0 Å². The second kappa shape index (κ2) is 8.77. The lowest BCUT2D eigenvalue weighted by molar-refractivity contribution is 0.102. The van der Waals surface area contributed by atoms with Gasteiger partial charge in [0, 0.05) is 23.5 Å². The van der Waals surface area contributed by atoms with Gasteiger partial charge in [0.2, 0.25) is 0 Å². The molecule has 1 amide bonds. The summed E-state index contributed by atoms with van der Waals surface area (Å²) in [7, 11) is 3.06. The second-order valence-corrected chi connectivity index (χ2v) is 5.88. The van der Waals surface area contributed by atoms with E-state index >= 15 is 0 Å². The molecule has 0 bridgehead atoms. The van der Waals surface area contributed by atoms with Crippen LogP contribution in [0.1, 0.15) is 15.9 Å². The lowest BCUT2D eigenvalue weighted by Gasteiger charge is -2.14. The first kappa shape index (κ1) is 19.0. The summed E-state index contributed by atoms with van der Waals surface area (Å²) < 4.78 is 16.2. The van der Waals surface area contributed by atoms with Gasteiger partial charge in [0.25, 0.3) is 5.91 Å². The standard InChI is InChI=1S/C21H21N3O4/c1-26-15-7-8-16(19(11-15)27-2)21(25)24-18-6-4-3-5-14(18)13-28-20-12-23-10-9-17(20)22/h3-12H,13H2,1-2H3,(H2,22,23)(H,24,25). The molecule has 28 heavy (non-hydrogen) atoms. The molecule has 0 fully saturated rings. The van der Waals surface area contributed by atoms with Gasteiger partial charge in [0.1, 0.15) is 18.1 Å². The Morgan fingerprint density at radius 1 is 1.07 bits per heavy atom. The van der Waals surface area contributed by atoms with E-state index in [9.17, 15) is 4.79 Å². The average molecular weight is 379 g/mol. The molecule has 0 aliphatic heterocycles. The fourth-order valence-corrected chi connectivity index (χ4v) is 2.61. The van der Waals surface area contributed by atoms with Gasteiger partial charge in [-0.15, -0.1) is 0 Å². The number of benzene rings is 2. The molecule has 3 aromatic rings. The van der Waals surface area contributed by atoms with Gasteiger partial charge < -0.3 is 25.3 Å². The van der Waals surface area contributed by atoms with Crippen LogP contribution < -0.4 is 25.3 Å². The highest BCUT2D eigenvalue weighted by molar-refractivity contribution is 6.06. The number of nitrogens with one attached hydrogen (secondary N) is 1. The lowest BCUT2D eigenvalue weighted by Crippen LogP contribution is -2.15. The van der Waals surface area contributed by atoms with Crippen molar-refractivity contribution in [1.82, 2.24) is 4.98 Å². The summed E-state index contributed by atoms with van der Waals surface area (Å²) in [5.74, 6) is 1.22. The molecule has 0 spiro atoms. The van der Waals surface area contributed by atoms with Crippen LogP contribution >= 0.6 is 0 Å². The molecule has 7 nitrogen and oxygen atoms in total. The van der Waals surface area contributed by atoms with Gasteiger partial charge in [0.15, 0.2) is 5.75 Å². The molecule has 0 aliphatic rings. The first-order chi connectivity index (χ1) is 13.6. The largest absolute Gasteiger partial charge is 0.497 e. The fraction of sp³-hybridized carbons (Fsp3) is 0.143. The molecule has 0 saturated heterocycles. The Balaban J connectivity index is 1.78. The number of nitrogens with zero attached hydrogens (tertiary/aromatic N) is 1. The highest BCUT2D eigenvalue weighted by atomic mass is 16.5. The van der Waals surface area contributed by atoms with E-state index in [4.69, 9.17) is 19.9 Å². The van der Waals surface area contributed by atoms with E-state index in [1.165, 1.54) is 7.11 Å². The van der Waals surface area contributed by atoms with E-state index in [0.717, 1.165) is 5.56 Å². The van der Waals surface area contributed by atoms with Crippen LogP contribution in [0.15, 0.2) is 60.9 Å². The van der Waals surface area contributed by atoms with Gasteiger partial charge in [-0.2, -0.15) is 0 Å². The van der Waals surface area contributed by atoms with Crippen LogP contribution in [0.2, 0.25) is 0 Å². The van der Waals surface area contributed by atoms with E-state index in [1.54, 1.807) is 49.8 Å². The molecule has 2 aromatic carbocycles. The predicted octanol–water partition coefficient (Wildman–Crippen LogP) is 3.51. The zero-order chi connectivity index (χ0) is 19.9. The number of aromatic nitrogens is 1. The highest BCUT2D eigenvalue weighted by Crippen LogP contribution is 2.27. The molecular formula is C21H21N3O4. The smallest absolute Gasteiger partial charge is 0.259 e. The Morgan fingerprint density at radius 2 is 1.89 bits per heavy atom. The number of para-hydroxylation sites is 1. The number of nitrogen functional groups attached to an aromatic ring is 1. The topological polar surface area (TPSA) is 95.7 Å². The molecule has 3 rings (SSSR count). The lowest BCUT2D eigenvalue weighted by atomic mass is 10.1. The molecule has 3 N–H and O–H groups in total. The Kier molecular flexibility index (Phi) is 5.96. The summed E-state index contributed by atoms with van der Waals surface area (Å²) in [5, 5.41) is 2.90. The molecule has 0 aliphatic carbocycles. The van der Waals surface area contributed by atoms with Crippen LogP contribution in [0.5, 0.6) is 17.2 Å². The third-order valence-corrected chi connectivity index (χ3v) is 4.12. The molecule has 144 valence electrons. The molecular weight excluding hydrogens is 358 g/mol. The summed E-state index contributed by atoms with van der Waals surface area (Å²) in [4.78, 5) is 16.8. The van der Waals surface area contributed by atoms with E-state index in [0.29, 0.717) is 34.2 Å². The van der Waals surface area contributed by atoms with Crippen molar-refractivity contribution in [3.63, 3.8) is 0 Å². The number of methoxy groups -OCH3 is 2. The summed E-state index contributed by atoms with van der Waals surface area (Å²) in [5.41, 5.74) is 8.20. The second-order valence-electron chi connectivity index (χ2n) is 5.88. The number of hydrogen-bond acceptors (Lipinski definition) is 6. The number of pyridine rings is 1. The monoisotopic (exact) mass is 379 g/mol. The van der Waals surface area contributed by atoms with Gasteiger partial charge in [-0.3, -0.25) is 9.78 Å². The number of ether oxygens (including phenoxy) is 3. The number of hydrogen-bond donors (Lipinski definition) is 2. The molecule has 0 radical (unpaired) electrons. The zero-order valence-corrected chi connectivity index (χ0v) is 15.6. The van der Waals surface area contributed by atoms with Crippen LogP contribution in [0.25, 0.3) is 0 Å². The minimum atomic E-state index is -0.298. The van der Waals surface area contributed by atoms with Crippen molar-refractivity contribution >= 4 is 17.3 Å². The number of nitrogens with two attached hydrogens (primary N) is 1. The van der Waals surface area contributed by atoms with Crippen molar-refractivity contribution in [3.8, 4) is 17.2 Å². The first-order valence-electron chi connectivity index (χ1n) is 8.56. The summed E-state index contributed by atoms with van der Waals surface area (Å²) >= 11 is 0. The van der Waals surface area contributed by atoms with Crippen LogP contribution in [-0.2, 0) is 6.61 Å². The van der Waals surface area contributed by atoms with Crippen molar-refractivity contribution in [2.45, 2.75) is 6.61 Å². The van der Waals surface area contributed by atoms with Crippen LogP contribution in [0.4, 0.5) is 11.4 Å². The van der Waals surface area contributed by atoms with Crippen molar-refractivity contribution in [1.29, 1.82) is 0 Å². The predicted molar refractivity (Wildman–Crippen MR) is 107 cm³/mol. The van der Waals surface area contributed by atoms with Crippen LogP contribution in [0.3, 0.4) is 0 Å². The number of amides is 1. The molecule has 1 heterocycles. The highest BCUT2D eigenvalue weighted by Gasteiger charge is 2.15. The van der Waals surface area contributed by atoms with Crippen molar-refractivity contribution in [2.24, 2.45) is 0 Å². The maximum Gasteiger partial charge on any atom is 0.259 e. The Morgan fingerprint density at radius 3 is 2.64 bits per heavy atom. The van der Waals surface area contributed by atoms with Gasteiger partial charge in [0.05, 0.1) is 31.7 Å². The minimum absolute atomic E-state index is 0.228. The summed E-state index contributed by atoms with van der Waals surface area (Å²) in [6.45, 7) is 0.228. The number of anilines is 2. The third kappa shape index (κ3) is 4.32. The normalized spacial score (nSPS) is 10.2. The Bertz CT molecular complexity index is 975. The average Bonchev–Trinajstić information content (AvgIpc) is 2.73. The van der Waals surface area contributed by atoms with E-state index < -0.39 is 0 Å². The summed E-state index contributed by atoms with van der Waals surface area (Å²) in [6.07, 6.45) is 3.15. The summed E-state index contributed by atoms with van der Waals surface area (Å²) in [6, 6.07) is 14.1. The van der Waals surface area contributed by atoms with Crippen molar-refractivity contribution in [3.05, 3.63) is 72.1 Å². The van der Waals surface area contributed by atoms with Crippen molar-refractivity contribution in [2.75, 3.05) is 25.3 Å². The van der Waals surface area contributed by atoms with E-state index in [1.807, 2.05) is 18.2 Å². The maximum absolute atomic E-state index is 12.8. The van der Waals surface area contributed by atoms with Gasteiger partial charge in [-0.05, 0) is 24.3 Å². The van der Waals surface area contributed by atoms with Crippen molar-refractivity contribution < 1.29 is 19.0 Å². The number of carbonyl (C=O) groups is 1. The van der Waals surface area contributed by atoms with Crippen LogP contribution in [0, 0.1) is 0 Å². The SMILES string of the molecule is COc1ccc(C(=O)Nc2ccccc2COc2cnccc2N)c(OC)c1. The molecule has 0 unspecified atom stereocenters. The Hall–Kier alpha value is -3.74. The molecule has 7 heteroatoms. The number of carbonyl (C=O) groups excluding carboxylic acids is 1. The fourth-order valence-electron chi connectivity index (χ4n) is 2.61. The Labute approximate surface area is 163 Å². The minimum Gasteiger partial charge on any atom is -0.497 e.